The molecule has 4 rings (SSSR count). The number of aliphatic imine (C=N–C) groups is 1. The third-order valence-electron chi connectivity index (χ3n) is 7.28. The zero-order valence-corrected chi connectivity index (χ0v) is 20.0. The van der Waals surface area contributed by atoms with Crippen LogP contribution in [0.1, 0.15) is 56.6 Å². The first-order valence-electron chi connectivity index (χ1n) is 11.5. The van der Waals surface area contributed by atoms with E-state index < -0.39 is 15.6 Å². The van der Waals surface area contributed by atoms with Crippen LogP contribution in [0, 0.1) is 18.8 Å². The summed E-state index contributed by atoms with van der Waals surface area (Å²) in [4.78, 5) is 17.7. The summed E-state index contributed by atoms with van der Waals surface area (Å²) in [5, 5.41) is 4.28. The average Bonchev–Trinajstić information content (AvgIpc) is 3.09. The van der Waals surface area contributed by atoms with E-state index in [0.717, 1.165) is 54.3 Å². The number of nitrogens with zero attached hydrogens (tertiary/aromatic N) is 2. The van der Waals surface area contributed by atoms with Gasteiger partial charge in [-0.3, -0.25) is 9.79 Å². The van der Waals surface area contributed by atoms with Crippen LogP contribution in [-0.4, -0.2) is 50.2 Å². The summed E-state index contributed by atoms with van der Waals surface area (Å²) >= 11 is 0. The molecule has 0 bridgehead atoms. The third kappa shape index (κ3) is 4.48. The number of ether oxygens (including phenoxy) is 1. The molecule has 0 radical (unpaired) electrons. The molecule has 1 spiro atoms. The summed E-state index contributed by atoms with van der Waals surface area (Å²) in [5.41, 5.74) is 0.880. The Bertz CT molecular complexity index is 1030. The third-order valence-corrected chi connectivity index (χ3v) is 8.84. The Hall–Kier alpha value is -2.19. The Kier molecular flexibility index (Phi) is 6.45. The van der Waals surface area contributed by atoms with Gasteiger partial charge in [0, 0.05) is 24.4 Å². The molecule has 1 saturated carbocycles. The molecule has 3 aliphatic rings. The van der Waals surface area contributed by atoms with Gasteiger partial charge in [-0.15, -0.1) is 0 Å². The van der Waals surface area contributed by atoms with E-state index in [2.05, 4.69) is 12.2 Å². The molecule has 32 heavy (non-hydrogen) atoms. The number of benzene rings is 1. The second-order valence-corrected chi connectivity index (χ2v) is 11.2. The van der Waals surface area contributed by atoms with Crippen molar-refractivity contribution >= 4 is 27.8 Å². The van der Waals surface area contributed by atoms with Crippen molar-refractivity contribution in [2.24, 2.45) is 16.8 Å². The zero-order valence-electron chi connectivity index (χ0n) is 19.1. The molecule has 1 aromatic rings. The first kappa shape index (κ1) is 23.0. The van der Waals surface area contributed by atoms with Crippen molar-refractivity contribution in [1.82, 2.24) is 9.62 Å². The summed E-state index contributed by atoms with van der Waals surface area (Å²) in [7, 11) is -1.99. The van der Waals surface area contributed by atoms with Crippen LogP contribution in [0.15, 0.2) is 28.6 Å². The highest BCUT2D eigenvalue weighted by atomic mass is 32.2. The van der Waals surface area contributed by atoms with Crippen LogP contribution in [0.3, 0.4) is 0 Å². The van der Waals surface area contributed by atoms with Crippen LogP contribution in [0.4, 0.5) is 0 Å². The smallest absolute Gasteiger partial charge is 0.253 e. The molecule has 0 atom stereocenters. The van der Waals surface area contributed by atoms with E-state index in [1.165, 1.54) is 9.71 Å². The van der Waals surface area contributed by atoms with E-state index in [-0.39, 0.29) is 19.0 Å². The number of amidine groups is 1. The molecule has 8 heteroatoms. The fraction of sp³-hybridized carbons (Fsp3) is 0.583. The molecule has 174 valence electrons. The van der Waals surface area contributed by atoms with Crippen molar-refractivity contribution in [3.63, 3.8) is 0 Å². The SMILES string of the molecule is COc1cccc(C=CS(=O)(=O)N2CCC3(CC2)N=C(C2CCC(C)CC2)NC3=O)c1C. The van der Waals surface area contributed by atoms with Gasteiger partial charge >= 0.3 is 0 Å². The van der Waals surface area contributed by atoms with Crippen LogP contribution in [-0.2, 0) is 14.8 Å². The molecule has 1 saturated heterocycles. The lowest BCUT2D eigenvalue weighted by Gasteiger charge is -2.34. The van der Waals surface area contributed by atoms with E-state index in [4.69, 9.17) is 9.73 Å². The summed E-state index contributed by atoms with van der Waals surface area (Å²) < 4.78 is 32.6. The Morgan fingerprint density at radius 3 is 2.53 bits per heavy atom. The zero-order chi connectivity index (χ0) is 22.9. The second-order valence-electron chi connectivity index (χ2n) is 9.36. The predicted octanol–water partition coefficient (Wildman–Crippen LogP) is 3.49. The second kappa shape index (κ2) is 8.98. The van der Waals surface area contributed by atoms with Crippen molar-refractivity contribution < 1.29 is 17.9 Å². The van der Waals surface area contributed by atoms with Gasteiger partial charge in [0.05, 0.1) is 7.11 Å². The first-order valence-corrected chi connectivity index (χ1v) is 13.0. The lowest BCUT2D eigenvalue weighted by atomic mass is 9.82. The molecule has 1 amide bonds. The van der Waals surface area contributed by atoms with Crippen molar-refractivity contribution in [2.45, 2.75) is 57.9 Å². The molecule has 1 aliphatic carbocycles. The largest absolute Gasteiger partial charge is 0.496 e. The van der Waals surface area contributed by atoms with Gasteiger partial charge < -0.3 is 10.1 Å². The number of sulfonamides is 1. The van der Waals surface area contributed by atoms with Crippen LogP contribution < -0.4 is 10.1 Å². The maximum absolute atomic E-state index is 12.9. The Morgan fingerprint density at radius 1 is 1.19 bits per heavy atom. The van der Waals surface area contributed by atoms with Gasteiger partial charge in [-0.2, -0.15) is 4.31 Å². The number of methoxy groups -OCH3 is 1. The van der Waals surface area contributed by atoms with Crippen LogP contribution >= 0.6 is 0 Å². The monoisotopic (exact) mass is 459 g/mol. The molecular formula is C24H33N3O4S. The summed E-state index contributed by atoms with van der Waals surface area (Å²) in [5.74, 6) is 2.54. The summed E-state index contributed by atoms with van der Waals surface area (Å²) in [6.45, 7) is 4.75. The molecule has 7 nitrogen and oxygen atoms in total. The maximum Gasteiger partial charge on any atom is 0.253 e. The lowest BCUT2D eigenvalue weighted by molar-refractivity contribution is -0.124. The molecule has 0 unspecified atom stereocenters. The molecule has 1 aromatic carbocycles. The number of rotatable bonds is 5. The van der Waals surface area contributed by atoms with Gasteiger partial charge in [-0.05, 0) is 61.8 Å². The lowest BCUT2D eigenvalue weighted by Crippen LogP contribution is -2.50. The first-order chi connectivity index (χ1) is 15.2. The predicted molar refractivity (Wildman–Crippen MR) is 126 cm³/mol. The summed E-state index contributed by atoms with van der Waals surface area (Å²) in [6.07, 6.45) is 6.89. The quantitative estimate of drug-likeness (QED) is 0.730. The minimum Gasteiger partial charge on any atom is -0.496 e. The van der Waals surface area contributed by atoms with Gasteiger partial charge in [-0.1, -0.05) is 31.9 Å². The van der Waals surface area contributed by atoms with E-state index in [9.17, 15) is 13.2 Å². The number of amides is 1. The highest BCUT2D eigenvalue weighted by molar-refractivity contribution is 7.92. The van der Waals surface area contributed by atoms with E-state index in [1.54, 1.807) is 13.2 Å². The maximum atomic E-state index is 12.9. The minimum absolute atomic E-state index is 0.0642. The van der Waals surface area contributed by atoms with Crippen molar-refractivity contribution in [3.05, 3.63) is 34.7 Å². The van der Waals surface area contributed by atoms with E-state index in [1.807, 2.05) is 25.1 Å². The number of piperidine rings is 1. The van der Waals surface area contributed by atoms with Crippen LogP contribution in [0.2, 0.25) is 0 Å². The van der Waals surface area contributed by atoms with E-state index >= 15 is 0 Å². The molecule has 2 aliphatic heterocycles. The summed E-state index contributed by atoms with van der Waals surface area (Å²) in [6, 6.07) is 5.55. The standard InChI is InChI=1S/C24H33N3O4S/c1-17-7-9-20(10-8-17)22-25-23(28)24(26-22)12-14-27(15-13-24)32(29,30)16-11-19-5-4-6-21(31-3)18(19)2/h4-6,11,16-17,20H,7-10,12-15H2,1-3H3,(H,25,26,28). The fourth-order valence-corrected chi connectivity index (χ4v) is 6.18. The topological polar surface area (TPSA) is 88.1 Å². The van der Waals surface area contributed by atoms with Gasteiger partial charge in [0.1, 0.15) is 17.1 Å². The van der Waals surface area contributed by atoms with Crippen LogP contribution in [0.25, 0.3) is 6.08 Å². The Balaban J connectivity index is 1.43. The Labute approximate surface area is 191 Å². The number of hydrogen-bond acceptors (Lipinski definition) is 5. The highest BCUT2D eigenvalue weighted by Gasteiger charge is 2.48. The van der Waals surface area contributed by atoms with E-state index in [0.29, 0.717) is 18.8 Å². The molecule has 2 fully saturated rings. The van der Waals surface area contributed by atoms with Crippen LogP contribution in [0.5, 0.6) is 5.75 Å². The van der Waals surface area contributed by atoms with Gasteiger partial charge in [-0.25, -0.2) is 8.42 Å². The number of carbonyl (C=O) groups is 1. The van der Waals surface area contributed by atoms with Gasteiger partial charge in [0.25, 0.3) is 5.91 Å². The van der Waals surface area contributed by atoms with Gasteiger partial charge in [0.2, 0.25) is 10.0 Å². The Morgan fingerprint density at radius 2 is 1.88 bits per heavy atom. The normalized spacial score (nSPS) is 26.3. The van der Waals surface area contributed by atoms with Crippen molar-refractivity contribution in [2.75, 3.05) is 20.2 Å². The molecule has 0 aromatic heterocycles. The van der Waals surface area contributed by atoms with Gasteiger partial charge in [0.15, 0.2) is 0 Å². The minimum atomic E-state index is -3.59. The number of nitrogens with one attached hydrogen (secondary N) is 1. The van der Waals surface area contributed by atoms with Crippen molar-refractivity contribution in [1.29, 1.82) is 0 Å². The highest BCUT2D eigenvalue weighted by Crippen LogP contribution is 2.36. The average molecular weight is 460 g/mol. The number of hydrogen-bond donors (Lipinski definition) is 1. The molecule has 1 N–H and O–H groups in total. The fourth-order valence-electron chi connectivity index (χ4n) is 5.00. The number of carbonyl (C=O) groups excluding carboxylic acids is 1. The van der Waals surface area contributed by atoms with Crippen molar-refractivity contribution in [3.8, 4) is 5.75 Å². The molecule has 2 heterocycles. The molecular weight excluding hydrogens is 426 g/mol.